The van der Waals surface area contributed by atoms with Gasteiger partial charge in [-0.2, -0.15) is 0 Å². The quantitative estimate of drug-likeness (QED) is 0.879. The van der Waals surface area contributed by atoms with Crippen LogP contribution in [0.5, 0.6) is 0 Å². The van der Waals surface area contributed by atoms with Gasteiger partial charge in [-0.15, -0.1) is 0 Å². The number of carboxylic acid groups (broad SMARTS) is 1. The fourth-order valence-electron chi connectivity index (χ4n) is 2.20. The van der Waals surface area contributed by atoms with Crippen molar-refractivity contribution >= 4 is 22.9 Å². The highest BCUT2D eigenvalue weighted by Gasteiger charge is 2.26. The average molecular weight is 289 g/mol. The van der Waals surface area contributed by atoms with Crippen LogP contribution in [0.2, 0.25) is 0 Å². The van der Waals surface area contributed by atoms with E-state index in [1.54, 1.807) is 31.7 Å². The first-order chi connectivity index (χ1) is 9.91. The molecule has 0 bridgehead atoms. The number of amides is 1. The fraction of sp³-hybridized carbons (Fsp3) is 0.400. The lowest BCUT2D eigenvalue weighted by molar-refractivity contribution is -0.143. The monoisotopic (exact) mass is 289 g/mol. The molecule has 6 nitrogen and oxygen atoms in total. The average Bonchev–Trinajstić information content (AvgIpc) is 2.86. The Morgan fingerprint density at radius 1 is 1.24 bits per heavy atom. The third-order valence-corrected chi connectivity index (χ3v) is 3.51. The first-order valence-electron chi connectivity index (χ1n) is 6.86. The highest BCUT2D eigenvalue weighted by atomic mass is 16.4. The van der Waals surface area contributed by atoms with Crippen molar-refractivity contribution in [1.82, 2.24) is 14.9 Å². The molecule has 1 aromatic carbocycles. The van der Waals surface area contributed by atoms with E-state index in [9.17, 15) is 9.59 Å². The molecule has 0 aliphatic carbocycles. The highest BCUT2D eigenvalue weighted by Crippen LogP contribution is 2.17. The zero-order chi connectivity index (χ0) is 15.6. The second kappa shape index (κ2) is 5.95. The molecule has 0 fully saturated rings. The molecule has 1 aromatic heterocycles. The van der Waals surface area contributed by atoms with Crippen LogP contribution < -0.4 is 5.32 Å². The molecule has 0 spiro atoms. The van der Waals surface area contributed by atoms with Gasteiger partial charge >= 0.3 is 5.97 Å². The number of rotatable bonds is 5. The van der Waals surface area contributed by atoms with Gasteiger partial charge in [-0.3, -0.25) is 4.79 Å². The Morgan fingerprint density at radius 3 is 2.52 bits per heavy atom. The minimum Gasteiger partial charge on any atom is -0.480 e. The Balaban J connectivity index is 2.21. The molecule has 2 aromatic rings. The number of carboxylic acids is 1. The van der Waals surface area contributed by atoms with Gasteiger partial charge in [-0.05, 0) is 25.0 Å². The summed E-state index contributed by atoms with van der Waals surface area (Å²) in [6, 6.07) is 6.07. The lowest BCUT2D eigenvalue weighted by Gasteiger charge is -2.21. The van der Waals surface area contributed by atoms with Gasteiger partial charge < -0.3 is 15.0 Å². The summed E-state index contributed by atoms with van der Waals surface area (Å²) in [6.45, 7) is 5.25. The summed E-state index contributed by atoms with van der Waals surface area (Å²) >= 11 is 0. The van der Waals surface area contributed by atoms with E-state index in [1.165, 1.54) is 0 Å². The normalized spacial score (nSPS) is 14.1. The van der Waals surface area contributed by atoms with E-state index in [2.05, 4.69) is 10.3 Å². The molecule has 0 radical (unpaired) electrons. The van der Waals surface area contributed by atoms with Crippen molar-refractivity contribution < 1.29 is 14.7 Å². The molecule has 6 heteroatoms. The Morgan fingerprint density at radius 2 is 1.90 bits per heavy atom. The van der Waals surface area contributed by atoms with Crippen LogP contribution in [-0.4, -0.2) is 32.6 Å². The molecule has 112 valence electrons. The maximum absolute atomic E-state index is 12.3. The van der Waals surface area contributed by atoms with E-state index in [1.807, 2.05) is 24.3 Å². The minimum atomic E-state index is -1.03. The van der Waals surface area contributed by atoms with Gasteiger partial charge in [0.05, 0.1) is 17.4 Å². The van der Waals surface area contributed by atoms with Crippen LogP contribution in [-0.2, 0) is 9.59 Å². The summed E-state index contributed by atoms with van der Waals surface area (Å²) in [5.41, 5.74) is 1.65. The van der Waals surface area contributed by atoms with Gasteiger partial charge in [0.1, 0.15) is 12.1 Å². The molecule has 1 amide bonds. The predicted molar refractivity (Wildman–Crippen MR) is 78.8 cm³/mol. The largest absolute Gasteiger partial charge is 0.480 e. The zero-order valence-electron chi connectivity index (χ0n) is 12.3. The van der Waals surface area contributed by atoms with Crippen molar-refractivity contribution in [2.75, 3.05) is 0 Å². The number of aliphatic carboxylic acids is 1. The lowest BCUT2D eigenvalue weighted by atomic mass is 10.0. The van der Waals surface area contributed by atoms with Crippen molar-refractivity contribution in [3.63, 3.8) is 0 Å². The molecule has 21 heavy (non-hydrogen) atoms. The summed E-state index contributed by atoms with van der Waals surface area (Å²) in [7, 11) is 0. The fourth-order valence-corrected chi connectivity index (χ4v) is 2.20. The number of hydrogen-bond acceptors (Lipinski definition) is 3. The van der Waals surface area contributed by atoms with Crippen molar-refractivity contribution in [3.8, 4) is 0 Å². The Hall–Kier alpha value is -2.37. The molecule has 2 N–H and O–H groups in total. The number of para-hydroxylation sites is 2. The molecular formula is C15H19N3O3. The molecule has 0 aliphatic heterocycles. The maximum Gasteiger partial charge on any atom is 0.326 e. The third kappa shape index (κ3) is 3.04. The van der Waals surface area contributed by atoms with Crippen LogP contribution in [0, 0.1) is 5.92 Å². The van der Waals surface area contributed by atoms with Crippen LogP contribution in [0.1, 0.15) is 26.8 Å². The summed E-state index contributed by atoms with van der Waals surface area (Å²) in [6.07, 6.45) is 1.60. The van der Waals surface area contributed by atoms with Crippen LogP contribution in [0.15, 0.2) is 30.6 Å². The maximum atomic E-state index is 12.3. The van der Waals surface area contributed by atoms with E-state index in [-0.39, 0.29) is 11.8 Å². The van der Waals surface area contributed by atoms with E-state index in [4.69, 9.17) is 5.11 Å². The van der Waals surface area contributed by atoms with Crippen molar-refractivity contribution in [2.45, 2.75) is 32.9 Å². The molecule has 0 saturated heterocycles. The molecule has 1 heterocycles. The van der Waals surface area contributed by atoms with Gasteiger partial charge in [0.15, 0.2) is 0 Å². The number of fused-ring (bicyclic) bond motifs is 1. The topological polar surface area (TPSA) is 84.2 Å². The second-order valence-corrected chi connectivity index (χ2v) is 5.39. The number of carbonyl (C=O) groups excluding carboxylic acids is 1. The summed E-state index contributed by atoms with van der Waals surface area (Å²) < 4.78 is 1.74. The van der Waals surface area contributed by atoms with Gasteiger partial charge in [-0.1, -0.05) is 26.0 Å². The van der Waals surface area contributed by atoms with E-state index in [0.29, 0.717) is 0 Å². The number of nitrogens with one attached hydrogen (secondary N) is 1. The zero-order valence-corrected chi connectivity index (χ0v) is 12.3. The van der Waals surface area contributed by atoms with Crippen LogP contribution >= 0.6 is 0 Å². The molecule has 2 rings (SSSR count). The molecule has 0 saturated carbocycles. The van der Waals surface area contributed by atoms with E-state index in [0.717, 1.165) is 11.0 Å². The smallest absolute Gasteiger partial charge is 0.326 e. The lowest BCUT2D eigenvalue weighted by Crippen LogP contribution is -2.46. The number of hydrogen-bond donors (Lipinski definition) is 2. The Bertz CT molecular complexity index is 663. The number of aromatic nitrogens is 2. The van der Waals surface area contributed by atoms with Crippen molar-refractivity contribution in [3.05, 3.63) is 30.6 Å². The first kappa shape index (κ1) is 15.0. The van der Waals surface area contributed by atoms with Gasteiger partial charge in [0.25, 0.3) is 0 Å². The number of imidazole rings is 1. The minimum absolute atomic E-state index is 0.182. The van der Waals surface area contributed by atoms with Crippen molar-refractivity contribution in [2.24, 2.45) is 5.92 Å². The standard InChI is InChI=1S/C15H19N3O3/c1-9(2)13(15(20)21)17-14(19)10(3)18-8-16-11-6-4-5-7-12(11)18/h4-10,13H,1-3H3,(H,17,19)(H,20,21)/t10?,13-/m1/s1. The van der Waals surface area contributed by atoms with Gasteiger partial charge in [0.2, 0.25) is 5.91 Å². The predicted octanol–water partition coefficient (Wildman–Crippen LogP) is 1.82. The number of nitrogens with zero attached hydrogens (tertiary/aromatic N) is 2. The van der Waals surface area contributed by atoms with Gasteiger partial charge in [0, 0.05) is 0 Å². The van der Waals surface area contributed by atoms with E-state index >= 15 is 0 Å². The summed E-state index contributed by atoms with van der Waals surface area (Å²) in [4.78, 5) is 27.7. The molecule has 2 atom stereocenters. The molecule has 0 aliphatic rings. The number of benzene rings is 1. The van der Waals surface area contributed by atoms with Crippen LogP contribution in [0.25, 0.3) is 11.0 Å². The first-order valence-corrected chi connectivity index (χ1v) is 6.86. The van der Waals surface area contributed by atoms with Gasteiger partial charge in [-0.25, -0.2) is 9.78 Å². The van der Waals surface area contributed by atoms with Crippen LogP contribution in [0.4, 0.5) is 0 Å². The van der Waals surface area contributed by atoms with Crippen molar-refractivity contribution in [1.29, 1.82) is 0 Å². The SMILES string of the molecule is CC(C)[C@@H](NC(=O)C(C)n1cnc2ccccc21)C(=O)O. The Labute approximate surface area is 122 Å². The van der Waals surface area contributed by atoms with Crippen LogP contribution in [0.3, 0.4) is 0 Å². The number of carbonyl (C=O) groups is 2. The summed E-state index contributed by atoms with van der Waals surface area (Å²) in [5.74, 6) is -1.54. The molecular weight excluding hydrogens is 270 g/mol. The van der Waals surface area contributed by atoms with E-state index < -0.39 is 18.1 Å². The molecule has 1 unspecified atom stereocenters. The third-order valence-electron chi connectivity index (χ3n) is 3.51. The second-order valence-electron chi connectivity index (χ2n) is 5.39. The highest BCUT2D eigenvalue weighted by molar-refractivity contribution is 5.87. The summed E-state index contributed by atoms with van der Waals surface area (Å²) in [5, 5.41) is 11.7. The Kier molecular flexibility index (Phi) is 4.26.